The van der Waals surface area contributed by atoms with Crippen LogP contribution in [0.1, 0.15) is 36.8 Å². The van der Waals surface area contributed by atoms with E-state index in [1.807, 2.05) is 0 Å². The highest BCUT2D eigenvalue weighted by molar-refractivity contribution is 7.93. The van der Waals surface area contributed by atoms with Gasteiger partial charge in [-0.05, 0) is 32.9 Å². The second-order valence-corrected chi connectivity index (χ2v) is 10.3. The summed E-state index contributed by atoms with van der Waals surface area (Å²) in [7, 11) is -2.55. The first kappa shape index (κ1) is 22.5. The predicted octanol–water partition coefficient (Wildman–Crippen LogP) is 2.00. The molecule has 1 amide bonds. The maximum absolute atomic E-state index is 15.3. The van der Waals surface area contributed by atoms with Gasteiger partial charge in [0.2, 0.25) is 5.88 Å². The number of amides is 1. The van der Waals surface area contributed by atoms with E-state index < -0.39 is 49.0 Å². The molecule has 12 heteroatoms. The van der Waals surface area contributed by atoms with Crippen molar-refractivity contribution in [2.75, 3.05) is 18.2 Å². The second-order valence-electron chi connectivity index (χ2n) is 7.78. The summed E-state index contributed by atoms with van der Waals surface area (Å²) < 4.78 is 58.7. The van der Waals surface area contributed by atoms with Crippen molar-refractivity contribution in [3.8, 4) is 5.88 Å². The highest BCUT2D eigenvalue weighted by Gasteiger charge is 2.52. The molecule has 1 aromatic carbocycles. The Morgan fingerprint density at radius 1 is 1.23 bits per heavy atom. The lowest BCUT2D eigenvalue weighted by atomic mass is 9.90. The number of aromatic nitrogens is 2. The SMILES string of the molecule is COc1cnc(C(=O)Nc2ccc(F)c([C@]3(C)CS(=O)(=O)C(C)(C)C(=N)N3)c2F)cn1. The standard InChI is InChI=1S/C19H21F2N5O4S/c1-18(2)17(22)26-19(3,9-31(18,28)29)14-10(20)5-6-11(15(14)21)25-16(27)12-7-24-13(30-4)8-23-12/h5-8H,9H2,1-4H3,(H2,22,26)(H,25,27)/t19-/m0/s1. The third kappa shape index (κ3) is 3.82. The zero-order valence-electron chi connectivity index (χ0n) is 17.2. The molecule has 0 saturated carbocycles. The monoisotopic (exact) mass is 453 g/mol. The first-order valence-electron chi connectivity index (χ1n) is 9.08. The van der Waals surface area contributed by atoms with Crippen LogP contribution < -0.4 is 15.4 Å². The van der Waals surface area contributed by atoms with Gasteiger partial charge in [0, 0.05) is 0 Å². The molecule has 31 heavy (non-hydrogen) atoms. The fourth-order valence-corrected chi connectivity index (χ4v) is 4.89. The van der Waals surface area contributed by atoms with E-state index in [9.17, 15) is 17.6 Å². The largest absolute Gasteiger partial charge is 0.480 e. The molecule has 0 radical (unpaired) electrons. The molecule has 1 aromatic heterocycles. The molecule has 9 nitrogen and oxygen atoms in total. The van der Waals surface area contributed by atoms with E-state index in [-0.39, 0.29) is 23.1 Å². The molecular formula is C19H21F2N5O4S. The van der Waals surface area contributed by atoms with Gasteiger partial charge in [0.1, 0.15) is 22.1 Å². The molecule has 1 fully saturated rings. The number of carbonyl (C=O) groups excluding carboxylic acids is 1. The van der Waals surface area contributed by atoms with Crippen molar-refractivity contribution < 1.29 is 26.7 Å². The predicted molar refractivity (Wildman–Crippen MR) is 109 cm³/mol. The average molecular weight is 453 g/mol. The van der Waals surface area contributed by atoms with E-state index in [4.69, 9.17) is 10.1 Å². The molecule has 166 valence electrons. The van der Waals surface area contributed by atoms with Crippen LogP contribution in [-0.2, 0) is 15.4 Å². The molecule has 0 unspecified atom stereocenters. The maximum atomic E-state index is 15.3. The van der Waals surface area contributed by atoms with Crippen molar-refractivity contribution >= 4 is 27.3 Å². The van der Waals surface area contributed by atoms with Crippen molar-refractivity contribution in [1.29, 1.82) is 5.41 Å². The van der Waals surface area contributed by atoms with Crippen LogP contribution >= 0.6 is 0 Å². The third-order valence-electron chi connectivity index (χ3n) is 5.22. The van der Waals surface area contributed by atoms with E-state index >= 15 is 4.39 Å². The summed E-state index contributed by atoms with van der Waals surface area (Å²) in [6.07, 6.45) is 2.32. The molecule has 0 spiro atoms. The lowest BCUT2D eigenvalue weighted by molar-refractivity contribution is 0.102. The van der Waals surface area contributed by atoms with E-state index in [1.54, 1.807) is 0 Å². The number of nitrogens with one attached hydrogen (secondary N) is 3. The van der Waals surface area contributed by atoms with Gasteiger partial charge < -0.3 is 15.4 Å². The molecule has 1 aliphatic heterocycles. The van der Waals surface area contributed by atoms with Gasteiger partial charge in [-0.15, -0.1) is 0 Å². The van der Waals surface area contributed by atoms with E-state index in [1.165, 1.54) is 34.1 Å². The molecule has 3 rings (SSSR count). The number of methoxy groups -OCH3 is 1. The number of ether oxygens (including phenoxy) is 1. The van der Waals surface area contributed by atoms with Crippen LogP contribution in [0.5, 0.6) is 5.88 Å². The topological polar surface area (TPSA) is 134 Å². The van der Waals surface area contributed by atoms with Gasteiger partial charge in [0.15, 0.2) is 15.7 Å². The van der Waals surface area contributed by atoms with Gasteiger partial charge >= 0.3 is 0 Å². The third-order valence-corrected chi connectivity index (χ3v) is 7.94. The van der Waals surface area contributed by atoms with Crippen LogP contribution in [0, 0.1) is 17.0 Å². The number of benzene rings is 1. The number of hydrogen-bond donors (Lipinski definition) is 3. The van der Waals surface area contributed by atoms with E-state index in [2.05, 4.69) is 20.6 Å². The number of carbonyl (C=O) groups is 1. The summed E-state index contributed by atoms with van der Waals surface area (Å²) in [6, 6.07) is 1.93. The zero-order valence-corrected chi connectivity index (χ0v) is 18.0. The first-order chi connectivity index (χ1) is 14.3. The van der Waals surface area contributed by atoms with E-state index in [0.717, 1.165) is 18.3 Å². The Morgan fingerprint density at radius 3 is 2.45 bits per heavy atom. The number of sulfone groups is 1. The molecule has 2 aromatic rings. The Labute approximate surface area is 177 Å². The van der Waals surface area contributed by atoms with Crippen molar-refractivity contribution in [3.05, 3.63) is 47.4 Å². The normalized spacial score (nSPS) is 21.8. The number of hydrogen-bond acceptors (Lipinski definition) is 7. The molecule has 0 bridgehead atoms. The van der Waals surface area contributed by atoms with Gasteiger partial charge in [-0.1, -0.05) is 0 Å². The Balaban J connectivity index is 1.99. The van der Waals surface area contributed by atoms with Gasteiger partial charge in [-0.2, -0.15) is 0 Å². The molecule has 2 heterocycles. The van der Waals surface area contributed by atoms with Gasteiger partial charge in [0.05, 0.1) is 42.0 Å². The van der Waals surface area contributed by atoms with Crippen LogP contribution in [0.25, 0.3) is 0 Å². The average Bonchev–Trinajstić information content (AvgIpc) is 2.68. The number of halogens is 2. The minimum Gasteiger partial charge on any atom is -0.480 e. The number of nitrogens with zero attached hydrogens (tertiary/aromatic N) is 2. The van der Waals surface area contributed by atoms with Crippen molar-refractivity contribution in [1.82, 2.24) is 15.3 Å². The van der Waals surface area contributed by atoms with Gasteiger partial charge in [0.25, 0.3) is 5.91 Å². The molecule has 0 aliphatic carbocycles. The Kier molecular flexibility index (Phi) is 5.47. The summed E-state index contributed by atoms with van der Waals surface area (Å²) in [6.45, 7) is 3.98. The fourth-order valence-electron chi connectivity index (χ4n) is 3.19. The summed E-state index contributed by atoms with van der Waals surface area (Å²) in [5, 5.41) is 13.0. The van der Waals surface area contributed by atoms with Crippen LogP contribution in [0.2, 0.25) is 0 Å². The highest BCUT2D eigenvalue weighted by Crippen LogP contribution is 2.37. The molecule has 1 saturated heterocycles. The van der Waals surface area contributed by atoms with Crippen LogP contribution in [0.3, 0.4) is 0 Å². The first-order valence-corrected chi connectivity index (χ1v) is 10.7. The minimum absolute atomic E-state index is 0.140. The summed E-state index contributed by atoms with van der Waals surface area (Å²) in [4.78, 5) is 20.1. The molecule has 1 aliphatic rings. The lowest BCUT2D eigenvalue weighted by Crippen LogP contribution is -2.64. The summed E-state index contributed by atoms with van der Waals surface area (Å²) in [5.74, 6) is -3.84. The molecule has 1 atom stereocenters. The van der Waals surface area contributed by atoms with Crippen molar-refractivity contribution in [2.24, 2.45) is 0 Å². The van der Waals surface area contributed by atoms with Crippen molar-refractivity contribution in [3.63, 3.8) is 0 Å². The Morgan fingerprint density at radius 2 is 1.90 bits per heavy atom. The highest BCUT2D eigenvalue weighted by atomic mass is 32.2. The van der Waals surface area contributed by atoms with Gasteiger partial charge in [-0.25, -0.2) is 27.2 Å². The molecule has 3 N–H and O–H groups in total. The maximum Gasteiger partial charge on any atom is 0.275 e. The number of anilines is 1. The Bertz CT molecular complexity index is 1170. The lowest BCUT2D eigenvalue weighted by Gasteiger charge is -2.43. The smallest absolute Gasteiger partial charge is 0.275 e. The van der Waals surface area contributed by atoms with Gasteiger partial charge in [-0.3, -0.25) is 10.2 Å². The molecular weight excluding hydrogens is 432 g/mol. The minimum atomic E-state index is -3.92. The summed E-state index contributed by atoms with van der Waals surface area (Å²) in [5.41, 5.74) is -2.88. The van der Waals surface area contributed by atoms with Crippen LogP contribution in [-0.4, -0.2) is 47.7 Å². The quantitative estimate of drug-likeness (QED) is 0.645. The van der Waals surface area contributed by atoms with E-state index in [0.29, 0.717) is 0 Å². The fraction of sp³-hybridized carbons (Fsp3) is 0.368. The second kappa shape index (κ2) is 7.52. The van der Waals surface area contributed by atoms with Crippen LogP contribution in [0.4, 0.5) is 14.5 Å². The Hall–Kier alpha value is -3.15. The van der Waals surface area contributed by atoms with Crippen molar-refractivity contribution in [2.45, 2.75) is 31.1 Å². The number of amidine groups is 1. The zero-order chi connectivity index (χ0) is 23.2. The summed E-state index contributed by atoms with van der Waals surface area (Å²) >= 11 is 0. The number of rotatable bonds is 4. The van der Waals surface area contributed by atoms with Crippen LogP contribution in [0.15, 0.2) is 24.5 Å².